The molecule has 0 radical (unpaired) electrons. The van der Waals surface area contributed by atoms with Crippen LogP contribution in [0.15, 0.2) is 29.4 Å². The maximum Gasteiger partial charge on any atom is 0.320 e. The standard InChI is InChI=1S/C23H26ClFN6O3S/c24-18-5-16(25)3-4-19(18)35(33,34)30-12-23(13-30)10-29(11-23)21(32)28-8-22(9-28)6-17(7-22)31-14-26-20(27-31)15-1-2-15/h3-5,14-15,17H,1-2,6-13H2. The van der Waals surface area contributed by atoms with Crippen molar-refractivity contribution in [3.8, 4) is 0 Å². The van der Waals surface area contributed by atoms with Crippen molar-refractivity contribution in [3.05, 3.63) is 41.2 Å². The third-order valence-corrected chi connectivity index (χ3v) is 10.6. The Morgan fingerprint density at radius 2 is 1.69 bits per heavy atom. The minimum Gasteiger partial charge on any atom is -0.323 e. The molecule has 5 fully saturated rings. The lowest BCUT2D eigenvalue weighted by molar-refractivity contribution is -0.101. The highest BCUT2D eigenvalue weighted by Gasteiger charge is 2.60. The van der Waals surface area contributed by atoms with Crippen LogP contribution >= 0.6 is 11.6 Å². The number of sulfonamides is 1. The average Bonchev–Trinajstić information content (AvgIpc) is 3.41. The van der Waals surface area contributed by atoms with Gasteiger partial charge in [0.1, 0.15) is 17.0 Å². The molecule has 5 aliphatic rings. The Hall–Kier alpha value is -2.24. The van der Waals surface area contributed by atoms with Gasteiger partial charge in [-0.2, -0.15) is 9.40 Å². The number of likely N-dealkylation sites (tertiary alicyclic amines) is 2. The van der Waals surface area contributed by atoms with Gasteiger partial charge in [0.25, 0.3) is 0 Å². The number of urea groups is 1. The van der Waals surface area contributed by atoms with Gasteiger partial charge in [0.2, 0.25) is 10.0 Å². The van der Waals surface area contributed by atoms with Gasteiger partial charge in [-0.15, -0.1) is 0 Å². The molecule has 3 saturated heterocycles. The van der Waals surface area contributed by atoms with Gasteiger partial charge >= 0.3 is 6.03 Å². The van der Waals surface area contributed by atoms with Crippen LogP contribution in [0.3, 0.4) is 0 Å². The van der Waals surface area contributed by atoms with Gasteiger partial charge < -0.3 is 9.80 Å². The molecule has 2 amide bonds. The van der Waals surface area contributed by atoms with Gasteiger partial charge in [0.05, 0.1) is 11.1 Å². The first-order valence-corrected chi connectivity index (χ1v) is 13.9. The summed E-state index contributed by atoms with van der Waals surface area (Å²) >= 11 is 5.97. The fourth-order valence-corrected chi connectivity index (χ4v) is 8.44. The number of carbonyl (C=O) groups is 1. The molecule has 1 aromatic carbocycles. The number of hydrogen-bond acceptors (Lipinski definition) is 5. The summed E-state index contributed by atoms with van der Waals surface area (Å²) in [6, 6.07) is 3.74. The van der Waals surface area contributed by atoms with Crippen molar-refractivity contribution in [1.29, 1.82) is 0 Å². The summed E-state index contributed by atoms with van der Waals surface area (Å²) in [7, 11) is -3.77. The molecule has 4 heterocycles. The molecule has 2 spiro atoms. The van der Waals surface area contributed by atoms with Gasteiger partial charge in [-0.1, -0.05) is 11.6 Å². The summed E-state index contributed by atoms with van der Waals surface area (Å²) in [5.74, 6) is 0.963. The van der Waals surface area contributed by atoms with Crippen LogP contribution in [0.1, 0.15) is 43.5 Å². The van der Waals surface area contributed by atoms with Gasteiger partial charge in [0, 0.05) is 56.0 Å². The number of hydrogen-bond donors (Lipinski definition) is 0. The Morgan fingerprint density at radius 3 is 2.31 bits per heavy atom. The maximum atomic E-state index is 13.3. The highest BCUT2D eigenvalue weighted by atomic mass is 35.5. The van der Waals surface area contributed by atoms with Crippen molar-refractivity contribution in [2.24, 2.45) is 10.8 Å². The summed E-state index contributed by atoms with van der Waals surface area (Å²) in [4.78, 5) is 21.0. The number of amides is 2. The minimum absolute atomic E-state index is 0.0457. The molecule has 0 bridgehead atoms. The monoisotopic (exact) mass is 520 g/mol. The Balaban J connectivity index is 0.891. The van der Waals surface area contributed by atoms with E-state index >= 15 is 0 Å². The van der Waals surface area contributed by atoms with Crippen molar-refractivity contribution >= 4 is 27.7 Å². The molecular weight excluding hydrogens is 495 g/mol. The van der Waals surface area contributed by atoms with E-state index in [0.29, 0.717) is 38.1 Å². The number of halogens is 2. The third-order valence-electron chi connectivity index (χ3n) is 8.36. The van der Waals surface area contributed by atoms with Crippen LogP contribution in [-0.4, -0.2) is 82.6 Å². The normalized spacial score (nSPS) is 25.2. The van der Waals surface area contributed by atoms with Crippen molar-refractivity contribution in [3.63, 3.8) is 0 Å². The van der Waals surface area contributed by atoms with E-state index in [0.717, 1.165) is 43.9 Å². The van der Waals surface area contributed by atoms with Crippen LogP contribution in [-0.2, 0) is 10.0 Å². The Bertz CT molecular complexity index is 1320. The van der Waals surface area contributed by atoms with E-state index in [1.807, 2.05) is 20.8 Å². The lowest BCUT2D eigenvalue weighted by Crippen LogP contribution is -2.76. The molecule has 1 aromatic heterocycles. The Morgan fingerprint density at radius 1 is 1.03 bits per heavy atom. The number of rotatable bonds is 4. The van der Waals surface area contributed by atoms with Crippen molar-refractivity contribution in [1.82, 2.24) is 28.9 Å². The van der Waals surface area contributed by atoms with E-state index in [-0.39, 0.29) is 26.8 Å². The molecule has 12 heteroatoms. The van der Waals surface area contributed by atoms with Crippen LogP contribution in [0, 0.1) is 16.6 Å². The van der Waals surface area contributed by atoms with E-state index in [1.165, 1.54) is 23.2 Å². The van der Waals surface area contributed by atoms with Crippen LogP contribution < -0.4 is 0 Å². The molecule has 0 unspecified atom stereocenters. The van der Waals surface area contributed by atoms with E-state index < -0.39 is 15.8 Å². The van der Waals surface area contributed by atoms with E-state index in [4.69, 9.17) is 11.6 Å². The molecule has 7 rings (SSSR count). The summed E-state index contributed by atoms with van der Waals surface area (Å²) in [6.45, 7) is 3.37. The fourth-order valence-electron chi connectivity index (χ4n) is 6.27. The fraction of sp³-hybridized carbons (Fsp3) is 0.609. The third kappa shape index (κ3) is 3.41. The second-order valence-corrected chi connectivity index (χ2v) is 13.6. The zero-order chi connectivity index (χ0) is 24.2. The SMILES string of the molecule is O=C(N1CC2(CC(n3cnc(C4CC4)n3)C2)C1)N1CC2(C1)CN(S(=O)(=O)c1ccc(F)cc1Cl)C2. The largest absolute Gasteiger partial charge is 0.323 e. The summed E-state index contributed by atoms with van der Waals surface area (Å²) in [5.41, 5.74) is 0.0239. The molecule has 2 saturated carbocycles. The van der Waals surface area contributed by atoms with E-state index in [1.54, 1.807) is 0 Å². The molecule has 2 aromatic rings. The maximum absolute atomic E-state index is 13.3. The molecule has 2 aliphatic carbocycles. The summed E-state index contributed by atoms with van der Waals surface area (Å²) in [5, 5.41) is 4.53. The molecule has 3 aliphatic heterocycles. The van der Waals surface area contributed by atoms with Gasteiger partial charge in [-0.05, 0) is 43.9 Å². The molecule has 186 valence electrons. The molecule has 0 atom stereocenters. The second kappa shape index (κ2) is 7.17. The zero-order valence-electron chi connectivity index (χ0n) is 19.1. The zero-order valence-corrected chi connectivity index (χ0v) is 20.7. The molecule has 9 nitrogen and oxygen atoms in total. The van der Waals surface area contributed by atoms with Crippen molar-refractivity contribution in [2.75, 3.05) is 39.3 Å². The number of nitrogens with zero attached hydrogens (tertiary/aromatic N) is 6. The van der Waals surface area contributed by atoms with Gasteiger partial charge in [0.15, 0.2) is 5.82 Å². The van der Waals surface area contributed by atoms with Crippen molar-refractivity contribution < 1.29 is 17.6 Å². The van der Waals surface area contributed by atoms with Gasteiger partial charge in [-0.3, -0.25) is 0 Å². The number of carbonyl (C=O) groups excluding carboxylic acids is 1. The first-order chi connectivity index (χ1) is 16.7. The Kier molecular flexibility index (Phi) is 4.50. The highest BCUT2D eigenvalue weighted by molar-refractivity contribution is 7.89. The smallest absolute Gasteiger partial charge is 0.320 e. The average molecular weight is 521 g/mol. The summed E-state index contributed by atoms with van der Waals surface area (Å²) < 4.78 is 42.4. The lowest BCUT2D eigenvalue weighted by atomic mass is 9.60. The number of aromatic nitrogens is 3. The second-order valence-electron chi connectivity index (χ2n) is 11.3. The molecule has 35 heavy (non-hydrogen) atoms. The van der Waals surface area contributed by atoms with Crippen LogP contribution in [0.2, 0.25) is 5.02 Å². The van der Waals surface area contributed by atoms with E-state index in [2.05, 4.69) is 10.1 Å². The Labute approximate surface area is 207 Å². The van der Waals surface area contributed by atoms with Crippen LogP contribution in [0.5, 0.6) is 0 Å². The first-order valence-electron chi connectivity index (χ1n) is 12.1. The topological polar surface area (TPSA) is 91.6 Å². The summed E-state index contributed by atoms with van der Waals surface area (Å²) in [6.07, 6.45) is 6.33. The predicted octanol–water partition coefficient (Wildman–Crippen LogP) is 2.71. The van der Waals surface area contributed by atoms with E-state index in [9.17, 15) is 17.6 Å². The van der Waals surface area contributed by atoms with Crippen molar-refractivity contribution in [2.45, 2.75) is 42.5 Å². The quantitative estimate of drug-likeness (QED) is 0.618. The lowest BCUT2D eigenvalue weighted by Gasteiger charge is -2.63. The molecule has 0 N–H and O–H groups in total. The molecular formula is C23H26ClFN6O3S. The van der Waals surface area contributed by atoms with Gasteiger partial charge in [-0.25, -0.2) is 27.3 Å². The minimum atomic E-state index is -3.77. The first kappa shape index (κ1) is 22.0. The number of benzene rings is 1. The predicted molar refractivity (Wildman–Crippen MR) is 124 cm³/mol. The van der Waals surface area contributed by atoms with Crippen LogP contribution in [0.25, 0.3) is 0 Å². The highest BCUT2D eigenvalue weighted by Crippen LogP contribution is 2.54. The van der Waals surface area contributed by atoms with Crippen LogP contribution in [0.4, 0.5) is 9.18 Å².